The molecule has 1 aliphatic rings. The molecule has 0 aromatic heterocycles. The van der Waals surface area contributed by atoms with Gasteiger partial charge in [-0.3, -0.25) is 0 Å². The van der Waals surface area contributed by atoms with Gasteiger partial charge in [0, 0.05) is 24.0 Å². The molecular weight excluding hydrogens is 250 g/mol. The molecule has 1 aromatic carbocycles. The topological polar surface area (TPSA) is 58.4 Å². The number of amides is 2. The second-order valence-corrected chi connectivity index (χ2v) is 6.04. The van der Waals surface area contributed by atoms with Gasteiger partial charge in [-0.2, -0.15) is 0 Å². The third-order valence-electron chi connectivity index (χ3n) is 3.75. The molecule has 0 radical (unpaired) electrons. The molecule has 0 spiro atoms. The molecular formula is C16H25N3O. The SMILES string of the molecule is CC(C)CN(C(=O)Nc1ccc(N)cc1)C1CCCC1. The Labute approximate surface area is 121 Å². The fraction of sp³-hybridized carbons (Fsp3) is 0.562. The van der Waals surface area contributed by atoms with Gasteiger partial charge in [-0.1, -0.05) is 26.7 Å². The van der Waals surface area contributed by atoms with E-state index in [1.54, 1.807) is 12.1 Å². The second-order valence-electron chi connectivity index (χ2n) is 6.04. The highest BCUT2D eigenvalue weighted by molar-refractivity contribution is 5.89. The van der Waals surface area contributed by atoms with E-state index in [0.717, 1.165) is 25.1 Å². The van der Waals surface area contributed by atoms with Crippen molar-refractivity contribution < 1.29 is 4.79 Å². The van der Waals surface area contributed by atoms with Crippen molar-refractivity contribution >= 4 is 17.4 Å². The summed E-state index contributed by atoms with van der Waals surface area (Å²) >= 11 is 0. The number of rotatable bonds is 4. The van der Waals surface area contributed by atoms with Crippen LogP contribution in [0.15, 0.2) is 24.3 Å². The van der Waals surface area contributed by atoms with Gasteiger partial charge < -0.3 is 16.0 Å². The summed E-state index contributed by atoms with van der Waals surface area (Å²) in [5.74, 6) is 0.479. The standard InChI is InChI=1S/C16H25N3O/c1-12(2)11-19(15-5-3-4-6-15)16(20)18-14-9-7-13(17)8-10-14/h7-10,12,15H,3-6,11,17H2,1-2H3,(H,18,20). The van der Waals surface area contributed by atoms with Gasteiger partial charge in [0.25, 0.3) is 0 Å². The third-order valence-corrected chi connectivity index (χ3v) is 3.75. The fourth-order valence-corrected chi connectivity index (χ4v) is 2.77. The number of carbonyl (C=O) groups is 1. The summed E-state index contributed by atoms with van der Waals surface area (Å²) in [6.45, 7) is 5.11. The van der Waals surface area contributed by atoms with Gasteiger partial charge in [-0.15, -0.1) is 0 Å². The summed E-state index contributed by atoms with van der Waals surface area (Å²) in [7, 11) is 0. The Morgan fingerprint density at radius 2 is 1.90 bits per heavy atom. The molecule has 1 fully saturated rings. The predicted octanol–water partition coefficient (Wildman–Crippen LogP) is 3.70. The van der Waals surface area contributed by atoms with Crippen LogP contribution in [0.2, 0.25) is 0 Å². The number of benzene rings is 1. The van der Waals surface area contributed by atoms with E-state index >= 15 is 0 Å². The van der Waals surface area contributed by atoms with Gasteiger partial charge in [0.05, 0.1) is 0 Å². The number of nitrogen functional groups attached to an aromatic ring is 1. The number of carbonyl (C=O) groups excluding carboxylic acids is 1. The van der Waals surface area contributed by atoms with Gasteiger partial charge in [0.1, 0.15) is 0 Å². The zero-order valence-electron chi connectivity index (χ0n) is 12.4. The average molecular weight is 275 g/mol. The number of urea groups is 1. The lowest BCUT2D eigenvalue weighted by molar-refractivity contribution is 0.179. The molecule has 4 heteroatoms. The van der Waals surface area contributed by atoms with E-state index in [4.69, 9.17) is 5.73 Å². The Bertz CT molecular complexity index is 436. The molecule has 4 nitrogen and oxygen atoms in total. The van der Waals surface area contributed by atoms with Crippen LogP contribution in [0.3, 0.4) is 0 Å². The Morgan fingerprint density at radius 1 is 1.30 bits per heavy atom. The van der Waals surface area contributed by atoms with Gasteiger partial charge in [0.2, 0.25) is 0 Å². The summed E-state index contributed by atoms with van der Waals surface area (Å²) in [4.78, 5) is 14.5. The van der Waals surface area contributed by atoms with E-state index in [0.29, 0.717) is 17.6 Å². The van der Waals surface area contributed by atoms with Crippen LogP contribution in [0.1, 0.15) is 39.5 Å². The zero-order chi connectivity index (χ0) is 14.5. The monoisotopic (exact) mass is 275 g/mol. The number of anilines is 2. The van der Waals surface area contributed by atoms with Crippen molar-refractivity contribution in [1.29, 1.82) is 0 Å². The first-order valence-electron chi connectivity index (χ1n) is 7.49. The zero-order valence-corrected chi connectivity index (χ0v) is 12.4. The summed E-state index contributed by atoms with van der Waals surface area (Å²) < 4.78 is 0. The maximum absolute atomic E-state index is 12.5. The van der Waals surface area contributed by atoms with Crippen molar-refractivity contribution in [1.82, 2.24) is 4.90 Å². The van der Waals surface area contributed by atoms with Gasteiger partial charge in [-0.25, -0.2) is 4.79 Å². The lowest BCUT2D eigenvalue weighted by Gasteiger charge is -2.30. The Morgan fingerprint density at radius 3 is 2.45 bits per heavy atom. The molecule has 0 heterocycles. The molecule has 1 saturated carbocycles. The molecule has 1 aromatic rings. The molecule has 0 unspecified atom stereocenters. The van der Waals surface area contributed by atoms with Crippen LogP contribution in [0.25, 0.3) is 0 Å². The van der Waals surface area contributed by atoms with Gasteiger partial charge in [0.15, 0.2) is 0 Å². The van der Waals surface area contributed by atoms with Crippen molar-refractivity contribution in [2.45, 2.75) is 45.6 Å². The van der Waals surface area contributed by atoms with Crippen LogP contribution in [0.4, 0.5) is 16.2 Å². The summed E-state index contributed by atoms with van der Waals surface area (Å²) in [5, 5.41) is 2.98. The van der Waals surface area contributed by atoms with Gasteiger partial charge >= 0.3 is 6.03 Å². The van der Waals surface area contributed by atoms with Gasteiger partial charge in [-0.05, 0) is 43.0 Å². The molecule has 110 valence electrons. The molecule has 2 rings (SSSR count). The van der Waals surface area contributed by atoms with Crippen LogP contribution in [-0.4, -0.2) is 23.5 Å². The van der Waals surface area contributed by atoms with E-state index in [1.165, 1.54) is 12.8 Å². The molecule has 20 heavy (non-hydrogen) atoms. The molecule has 3 N–H and O–H groups in total. The van der Waals surface area contributed by atoms with Crippen molar-refractivity contribution in [3.63, 3.8) is 0 Å². The maximum atomic E-state index is 12.5. The highest BCUT2D eigenvalue weighted by Crippen LogP contribution is 2.25. The second kappa shape index (κ2) is 6.64. The highest BCUT2D eigenvalue weighted by Gasteiger charge is 2.27. The smallest absolute Gasteiger partial charge is 0.322 e. The van der Waals surface area contributed by atoms with E-state index in [-0.39, 0.29) is 6.03 Å². The largest absolute Gasteiger partial charge is 0.399 e. The first kappa shape index (κ1) is 14.7. The summed E-state index contributed by atoms with van der Waals surface area (Å²) in [5.41, 5.74) is 7.17. The highest BCUT2D eigenvalue weighted by atomic mass is 16.2. The van der Waals surface area contributed by atoms with Crippen LogP contribution < -0.4 is 11.1 Å². The molecule has 0 atom stereocenters. The molecule has 1 aliphatic carbocycles. The first-order chi connectivity index (χ1) is 9.56. The van der Waals surface area contributed by atoms with Crippen molar-refractivity contribution in [2.75, 3.05) is 17.6 Å². The van der Waals surface area contributed by atoms with Crippen LogP contribution >= 0.6 is 0 Å². The van der Waals surface area contributed by atoms with E-state index < -0.39 is 0 Å². The lowest BCUT2D eigenvalue weighted by atomic mass is 10.1. The predicted molar refractivity (Wildman–Crippen MR) is 83.7 cm³/mol. The van der Waals surface area contributed by atoms with Crippen molar-refractivity contribution in [3.8, 4) is 0 Å². The minimum absolute atomic E-state index is 0.00960. The maximum Gasteiger partial charge on any atom is 0.322 e. The van der Waals surface area contributed by atoms with Crippen molar-refractivity contribution in [2.24, 2.45) is 5.92 Å². The van der Waals surface area contributed by atoms with E-state index in [9.17, 15) is 4.79 Å². The Hall–Kier alpha value is -1.71. The van der Waals surface area contributed by atoms with Crippen LogP contribution in [0.5, 0.6) is 0 Å². The number of nitrogens with one attached hydrogen (secondary N) is 1. The number of nitrogens with two attached hydrogens (primary N) is 1. The van der Waals surface area contributed by atoms with Crippen LogP contribution in [0, 0.1) is 5.92 Å². The minimum atomic E-state index is 0.00960. The number of hydrogen-bond donors (Lipinski definition) is 2. The molecule has 2 amide bonds. The van der Waals surface area contributed by atoms with E-state index in [1.807, 2.05) is 17.0 Å². The first-order valence-corrected chi connectivity index (χ1v) is 7.49. The Balaban J connectivity index is 2.03. The molecule has 0 bridgehead atoms. The van der Waals surface area contributed by atoms with Crippen LogP contribution in [-0.2, 0) is 0 Å². The minimum Gasteiger partial charge on any atom is -0.399 e. The quantitative estimate of drug-likeness (QED) is 0.823. The average Bonchev–Trinajstić information content (AvgIpc) is 2.92. The summed E-state index contributed by atoms with van der Waals surface area (Å²) in [6, 6.07) is 7.70. The van der Waals surface area contributed by atoms with Crippen molar-refractivity contribution in [3.05, 3.63) is 24.3 Å². The molecule has 0 saturated heterocycles. The Kier molecular flexibility index (Phi) is 4.88. The van der Waals surface area contributed by atoms with E-state index in [2.05, 4.69) is 19.2 Å². The third kappa shape index (κ3) is 3.89. The summed E-state index contributed by atoms with van der Waals surface area (Å²) in [6.07, 6.45) is 4.71. The fourth-order valence-electron chi connectivity index (χ4n) is 2.77. The lowest BCUT2D eigenvalue weighted by Crippen LogP contribution is -2.43. The normalized spacial score (nSPS) is 15.6. The number of hydrogen-bond acceptors (Lipinski definition) is 2. The molecule has 0 aliphatic heterocycles. The number of nitrogens with zero attached hydrogens (tertiary/aromatic N) is 1.